The first-order chi connectivity index (χ1) is 10.0. The largest absolute Gasteiger partial charge is 0.457 e. The molecule has 1 aliphatic carbocycles. The van der Waals surface area contributed by atoms with Gasteiger partial charge in [-0.3, -0.25) is 0 Å². The third-order valence-corrected chi connectivity index (χ3v) is 4.27. The summed E-state index contributed by atoms with van der Waals surface area (Å²) < 4.78 is 5.97. The van der Waals surface area contributed by atoms with Gasteiger partial charge in [-0.1, -0.05) is 20.8 Å². The molecule has 2 heterocycles. The Labute approximate surface area is 126 Å². The predicted molar refractivity (Wildman–Crippen MR) is 84.6 cm³/mol. The highest BCUT2D eigenvalue weighted by molar-refractivity contribution is 5.56. The number of nitrogens with one attached hydrogen (secondary N) is 1. The molecule has 0 aromatic carbocycles. The molecule has 112 valence electrons. The van der Waals surface area contributed by atoms with Crippen molar-refractivity contribution in [3.8, 4) is 11.6 Å². The standard InChI is InChI=1S/C17H23N3O/c1-9(2)15-11(4)19-16(20-17(15)18-5)14-7-6-13(21-14)12-8-10(12)3/h6-7,9-10,12H,8H2,1-5H3,(H,18,19,20). The van der Waals surface area contributed by atoms with Crippen LogP contribution in [0.1, 0.15) is 56.0 Å². The van der Waals surface area contributed by atoms with Crippen LogP contribution in [0.5, 0.6) is 0 Å². The molecule has 1 fully saturated rings. The van der Waals surface area contributed by atoms with Crippen molar-refractivity contribution in [3.63, 3.8) is 0 Å². The number of hydrogen-bond donors (Lipinski definition) is 1. The van der Waals surface area contributed by atoms with Gasteiger partial charge in [0.1, 0.15) is 11.6 Å². The van der Waals surface area contributed by atoms with E-state index in [1.165, 1.54) is 12.0 Å². The Morgan fingerprint density at radius 2 is 2.00 bits per heavy atom. The van der Waals surface area contributed by atoms with Crippen LogP contribution in [-0.2, 0) is 0 Å². The van der Waals surface area contributed by atoms with Crippen LogP contribution in [0.2, 0.25) is 0 Å². The van der Waals surface area contributed by atoms with Crippen molar-refractivity contribution in [2.24, 2.45) is 5.92 Å². The highest BCUT2D eigenvalue weighted by Crippen LogP contribution is 2.48. The maximum Gasteiger partial charge on any atom is 0.197 e. The van der Waals surface area contributed by atoms with Crippen LogP contribution in [0.4, 0.5) is 5.82 Å². The molecule has 1 aliphatic rings. The topological polar surface area (TPSA) is 51.0 Å². The van der Waals surface area contributed by atoms with Gasteiger partial charge in [0, 0.05) is 24.2 Å². The van der Waals surface area contributed by atoms with E-state index in [0.717, 1.165) is 29.0 Å². The molecule has 0 amide bonds. The Bertz CT molecular complexity index is 660. The molecule has 0 bridgehead atoms. The second-order valence-electron chi connectivity index (χ2n) is 6.32. The SMILES string of the molecule is CNc1nc(-c2ccc(C3CC3C)o2)nc(C)c1C(C)C. The maximum absolute atomic E-state index is 5.97. The number of aromatic nitrogens is 2. The molecule has 0 aliphatic heterocycles. The summed E-state index contributed by atoms with van der Waals surface area (Å²) in [6.07, 6.45) is 1.22. The maximum atomic E-state index is 5.97. The third-order valence-electron chi connectivity index (χ3n) is 4.27. The summed E-state index contributed by atoms with van der Waals surface area (Å²) in [5, 5.41) is 3.18. The van der Waals surface area contributed by atoms with Crippen LogP contribution in [0.3, 0.4) is 0 Å². The molecular formula is C17H23N3O. The monoisotopic (exact) mass is 285 g/mol. The molecule has 2 aromatic rings. The van der Waals surface area contributed by atoms with E-state index in [9.17, 15) is 0 Å². The van der Waals surface area contributed by atoms with E-state index in [4.69, 9.17) is 4.42 Å². The van der Waals surface area contributed by atoms with Crippen molar-refractivity contribution in [2.75, 3.05) is 12.4 Å². The Hall–Kier alpha value is -1.84. The second-order valence-corrected chi connectivity index (χ2v) is 6.32. The minimum atomic E-state index is 0.390. The van der Waals surface area contributed by atoms with E-state index < -0.39 is 0 Å². The van der Waals surface area contributed by atoms with E-state index >= 15 is 0 Å². The number of furan rings is 1. The van der Waals surface area contributed by atoms with E-state index in [2.05, 4.69) is 42.1 Å². The predicted octanol–water partition coefficient (Wildman–Crippen LogP) is 4.33. The zero-order chi connectivity index (χ0) is 15.1. The highest BCUT2D eigenvalue weighted by atomic mass is 16.3. The fourth-order valence-electron chi connectivity index (χ4n) is 2.96. The molecule has 1 N–H and O–H groups in total. The van der Waals surface area contributed by atoms with Gasteiger partial charge in [-0.2, -0.15) is 0 Å². The minimum Gasteiger partial charge on any atom is -0.457 e. The van der Waals surface area contributed by atoms with Crippen LogP contribution < -0.4 is 5.32 Å². The van der Waals surface area contributed by atoms with E-state index in [0.29, 0.717) is 17.7 Å². The quantitative estimate of drug-likeness (QED) is 0.908. The summed E-state index contributed by atoms with van der Waals surface area (Å²) in [6.45, 7) is 8.61. The Morgan fingerprint density at radius 1 is 1.29 bits per heavy atom. The van der Waals surface area contributed by atoms with Crippen molar-refractivity contribution in [3.05, 3.63) is 29.2 Å². The average Bonchev–Trinajstić information content (AvgIpc) is 2.99. The molecule has 0 spiro atoms. The summed E-state index contributed by atoms with van der Waals surface area (Å²) in [5.74, 6) is 5.10. The van der Waals surface area contributed by atoms with Crippen LogP contribution >= 0.6 is 0 Å². The normalized spacial score (nSPS) is 20.9. The van der Waals surface area contributed by atoms with Gasteiger partial charge in [-0.25, -0.2) is 9.97 Å². The lowest BCUT2D eigenvalue weighted by Gasteiger charge is -2.14. The van der Waals surface area contributed by atoms with Gasteiger partial charge in [0.25, 0.3) is 0 Å². The molecule has 0 radical (unpaired) electrons. The molecule has 2 aromatic heterocycles. The molecule has 4 heteroatoms. The molecule has 21 heavy (non-hydrogen) atoms. The zero-order valence-corrected chi connectivity index (χ0v) is 13.4. The Balaban J connectivity index is 1.98. The fraction of sp³-hybridized carbons (Fsp3) is 0.529. The third kappa shape index (κ3) is 2.55. The van der Waals surface area contributed by atoms with Crippen molar-refractivity contribution in [1.29, 1.82) is 0 Å². The van der Waals surface area contributed by atoms with Gasteiger partial charge >= 0.3 is 0 Å². The van der Waals surface area contributed by atoms with Crippen LogP contribution in [0, 0.1) is 12.8 Å². The van der Waals surface area contributed by atoms with Gasteiger partial charge in [0.05, 0.1) is 0 Å². The van der Waals surface area contributed by atoms with Crippen molar-refractivity contribution >= 4 is 5.82 Å². The van der Waals surface area contributed by atoms with Gasteiger partial charge in [-0.15, -0.1) is 0 Å². The highest BCUT2D eigenvalue weighted by Gasteiger charge is 2.36. The second kappa shape index (κ2) is 5.17. The first kappa shape index (κ1) is 14.1. The van der Waals surface area contributed by atoms with Gasteiger partial charge < -0.3 is 9.73 Å². The zero-order valence-electron chi connectivity index (χ0n) is 13.4. The number of hydrogen-bond acceptors (Lipinski definition) is 4. The fourth-order valence-corrected chi connectivity index (χ4v) is 2.96. The summed E-state index contributed by atoms with van der Waals surface area (Å²) >= 11 is 0. The van der Waals surface area contributed by atoms with Crippen molar-refractivity contribution < 1.29 is 4.42 Å². The van der Waals surface area contributed by atoms with Gasteiger partial charge in [-0.05, 0) is 37.3 Å². The summed E-state index contributed by atoms with van der Waals surface area (Å²) in [5.41, 5.74) is 2.18. The van der Waals surface area contributed by atoms with Crippen LogP contribution in [0.15, 0.2) is 16.5 Å². The molecule has 3 rings (SSSR count). The Kier molecular flexibility index (Phi) is 3.47. The van der Waals surface area contributed by atoms with Gasteiger partial charge in [0.2, 0.25) is 0 Å². The summed E-state index contributed by atoms with van der Waals surface area (Å²) in [4.78, 5) is 9.28. The van der Waals surface area contributed by atoms with Gasteiger partial charge in [0.15, 0.2) is 11.6 Å². The lowest BCUT2D eigenvalue weighted by atomic mass is 10.0. The Morgan fingerprint density at radius 3 is 2.57 bits per heavy atom. The number of aryl methyl sites for hydroxylation is 1. The minimum absolute atomic E-state index is 0.390. The average molecular weight is 285 g/mol. The van der Waals surface area contributed by atoms with E-state index in [1.807, 2.05) is 20.0 Å². The molecular weight excluding hydrogens is 262 g/mol. The molecule has 2 unspecified atom stereocenters. The summed E-state index contributed by atoms with van der Waals surface area (Å²) in [6, 6.07) is 4.06. The number of nitrogens with zero attached hydrogens (tertiary/aromatic N) is 2. The van der Waals surface area contributed by atoms with Crippen LogP contribution in [-0.4, -0.2) is 17.0 Å². The molecule has 4 nitrogen and oxygen atoms in total. The number of anilines is 1. The van der Waals surface area contributed by atoms with E-state index in [-0.39, 0.29) is 0 Å². The number of rotatable bonds is 4. The first-order valence-corrected chi connectivity index (χ1v) is 7.67. The van der Waals surface area contributed by atoms with Crippen molar-refractivity contribution in [2.45, 2.75) is 46.0 Å². The molecule has 1 saturated carbocycles. The first-order valence-electron chi connectivity index (χ1n) is 7.67. The lowest BCUT2D eigenvalue weighted by molar-refractivity contribution is 0.514. The van der Waals surface area contributed by atoms with Crippen LogP contribution in [0.25, 0.3) is 11.6 Å². The summed E-state index contributed by atoms with van der Waals surface area (Å²) in [7, 11) is 1.90. The smallest absolute Gasteiger partial charge is 0.197 e. The van der Waals surface area contributed by atoms with E-state index in [1.54, 1.807) is 0 Å². The molecule has 0 saturated heterocycles. The molecule has 2 atom stereocenters. The lowest BCUT2D eigenvalue weighted by Crippen LogP contribution is -2.06. The van der Waals surface area contributed by atoms with Crippen molar-refractivity contribution in [1.82, 2.24) is 9.97 Å².